The highest BCUT2D eigenvalue weighted by atomic mass is 19.4. The number of carboxylic acid groups (broad SMARTS) is 1. The van der Waals surface area contributed by atoms with Crippen LogP contribution in [0.25, 0.3) is 0 Å². The molecule has 0 amide bonds. The van der Waals surface area contributed by atoms with Crippen molar-refractivity contribution in [3.8, 4) is 5.75 Å². The van der Waals surface area contributed by atoms with Gasteiger partial charge in [0.25, 0.3) is 0 Å². The van der Waals surface area contributed by atoms with E-state index in [1.807, 2.05) is 0 Å². The molecule has 1 heterocycles. The van der Waals surface area contributed by atoms with Gasteiger partial charge in [0, 0.05) is 6.54 Å². The highest BCUT2D eigenvalue weighted by Gasteiger charge is 2.41. The van der Waals surface area contributed by atoms with E-state index < -0.39 is 29.5 Å². The number of hydrogen-bond donors (Lipinski definition) is 2. The molecule has 1 fully saturated rings. The molecule has 1 aliphatic heterocycles. The first kappa shape index (κ1) is 13.5. The summed E-state index contributed by atoms with van der Waals surface area (Å²) in [6.45, 7) is 0.226. The van der Waals surface area contributed by atoms with Gasteiger partial charge in [0.15, 0.2) is 0 Å². The number of phenols is 1. The molecule has 1 atom stereocenters. The van der Waals surface area contributed by atoms with E-state index in [0.717, 1.165) is 6.07 Å². The molecule has 2 N–H and O–H groups in total. The zero-order valence-electron chi connectivity index (χ0n) is 9.81. The van der Waals surface area contributed by atoms with Crippen LogP contribution >= 0.6 is 0 Å². The minimum Gasteiger partial charge on any atom is -0.507 e. The summed E-state index contributed by atoms with van der Waals surface area (Å²) in [4.78, 5) is 12.2. The Morgan fingerprint density at radius 3 is 2.63 bits per heavy atom. The molecule has 19 heavy (non-hydrogen) atoms. The lowest BCUT2D eigenvalue weighted by Gasteiger charge is -2.27. The van der Waals surface area contributed by atoms with Crippen LogP contribution < -0.4 is 4.90 Å². The fraction of sp³-hybridized carbons (Fsp3) is 0.417. The molecule has 2 rings (SSSR count). The van der Waals surface area contributed by atoms with Crippen LogP contribution in [0.2, 0.25) is 0 Å². The van der Waals surface area contributed by atoms with Gasteiger partial charge in [0.1, 0.15) is 17.4 Å². The lowest BCUT2D eigenvalue weighted by molar-refractivity contribution is -0.140. The summed E-state index contributed by atoms with van der Waals surface area (Å²) in [5, 5.41) is 18.4. The maximum atomic E-state index is 13.0. The molecule has 7 heteroatoms. The average molecular weight is 275 g/mol. The van der Waals surface area contributed by atoms with Crippen LogP contribution in [0.3, 0.4) is 0 Å². The van der Waals surface area contributed by atoms with Crippen LogP contribution in [-0.4, -0.2) is 28.8 Å². The Balaban J connectivity index is 2.51. The number of anilines is 1. The standard InChI is InChI=1S/C12H12F3NO3/c13-12(14,15)10-7(3-1-5-9(10)17)16-6-2-4-8(16)11(18)19/h1,3,5,8,17H,2,4,6H2,(H,18,19). The Morgan fingerprint density at radius 1 is 1.37 bits per heavy atom. The summed E-state index contributed by atoms with van der Waals surface area (Å²) in [5.74, 6) is -2.05. The molecule has 1 saturated heterocycles. The van der Waals surface area contributed by atoms with Gasteiger partial charge in [-0.1, -0.05) is 6.07 Å². The molecule has 0 aromatic heterocycles. The quantitative estimate of drug-likeness (QED) is 0.870. The Labute approximate surface area is 107 Å². The molecule has 1 unspecified atom stereocenters. The molecule has 4 nitrogen and oxygen atoms in total. The van der Waals surface area contributed by atoms with Crippen molar-refractivity contribution in [1.29, 1.82) is 0 Å². The van der Waals surface area contributed by atoms with E-state index in [4.69, 9.17) is 5.11 Å². The van der Waals surface area contributed by atoms with Gasteiger partial charge in [-0.3, -0.25) is 0 Å². The number of carboxylic acids is 1. The summed E-state index contributed by atoms with van der Waals surface area (Å²) in [5.41, 5.74) is -1.46. The highest BCUT2D eigenvalue weighted by Crippen LogP contribution is 2.43. The van der Waals surface area contributed by atoms with Gasteiger partial charge in [-0.05, 0) is 25.0 Å². The third kappa shape index (κ3) is 2.45. The van der Waals surface area contributed by atoms with E-state index in [-0.39, 0.29) is 12.2 Å². The van der Waals surface area contributed by atoms with Crippen molar-refractivity contribution in [2.75, 3.05) is 11.4 Å². The summed E-state index contributed by atoms with van der Waals surface area (Å²) < 4.78 is 38.9. The molecule has 0 radical (unpaired) electrons. The van der Waals surface area contributed by atoms with E-state index in [9.17, 15) is 23.1 Å². The lowest BCUT2D eigenvalue weighted by atomic mass is 10.1. The second-order valence-electron chi connectivity index (χ2n) is 4.36. The number of carbonyl (C=O) groups is 1. The number of alkyl halides is 3. The second-order valence-corrected chi connectivity index (χ2v) is 4.36. The molecule has 1 aromatic carbocycles. The number of nitrogens with zero attached hydrogens (tertiary/aromatic N) is 1. The van der Waals surface area contributed by atoms with Gasteiger partial charge in [0.05, 0.1) is 5.69 Å². The zero-order chi connectivity index (χ0) is 14.2. The van der Waals surface area contributed by atoms with Gasteiger partial charge >= 0.3 is 12.1 Å². The van der Waals surface area contributed by atoms with Crippen LogP contribution in [0.5, 0.6) is 5.75 Å². The summed E-state index contributed by atoms with van der Waals surface area (Å²) in [7, 11) is 0. The number of rotatable bonds is 2. The number of hydrogen-bond acceptors (Lipinski definition) is 3. The highest BCUT2D eigenvalue weighted by molar-refractivity contribution is 5.80. The molecule has 104 valence electrons. The Morgan fingerprint density at radius 2 is 2.05 bits per heavy atom. The molecular formula is C12H12F3NO3. The molecule has 0 spiro atoms. The maximum absolute atomic E-state index is 13.0. The van der Waals surface area contributed by atoms with Crippen LogP contribution in [0, 0.1) is 0 Å². The summed E-state index contributed by atoms with van der Waals surface area (Å²) in [6, 6.07) is 2.42. The largest absolute Gasteiger partial charge is 0.507 e. The topological polar surface area (TPSA) is 60.8 Å². The van der Waals surface area contributed by atoms with Gasteiger partial charge in [-0.2, -0.15) is 13.2 Å². The zero-order valence-corrected chi connectivity index (χ0v) is 9.81. The summed E-state index contributed by atoms with van der Waals surface area (Å²) >= 11 is 0. The predicted octanol–water partition coefficient (Wildman–Crippen LogP) is 2.46. The number of halogens is 3. The van der Waals surface area contributed by atoms with Crippen molar-refractivity contribution in [2.45, 2.75) is 25.1 Å². The van der Waals surface area contributed by atoms with Crippen LogP contribution in [-0.2, 0) is 11.0 Å². The monoisotopic (exact) mass is 275 g/mol. The second kappa shape index (κ2) is 4.64. The fourth-order valence-corrected chi connectivity index (χ4v) is 2.37. The number of benzene rings is 1. The predicted molar refractivity (Wildman–Crippen MR) is 61.1 cm³/mol. The van der Waals surface area contributed by atoms with Crippen molar-refractivity contribution in [3.05, 3.63) is 23.8 Å². The number of phenolic OH excluding ortho intramolecular Hbond substituents is 1. The van der Waals surface area contributed by atoms with Crippen LogP contribution in [0.1, 0.15) is 18.4 Å². The van der Waals surface area contributed by atoms with Gasteiger partial charge < -0.3 is 15.1 Å². The van der Waals surface area contributed by atoms with E-state index in [0.29, 0.717) is 12.8 Å². The van der Waals surface area contributed by atoms with Gasteiger partial charge in [0.2, 0.25) is 0 Å². The average Bonchev–Trinajstić information content (AvgIpc) is 2.75. The van der Waals surface area contributed by atoms with Gasteiger partial charge in [-0.15, -0.1) is 0 Å². The number of aromatic hydroxyl groups is 1. The SMILES string of the molecule is O=C(O)C1CCCN1c1cccc(O)c1C(F)(F)F. The normalized spacial score (nSPS) is 19.7. The smallest absolute Gasteiger partial charge is 0.421 e. The number of aliphatic carboxylic acids is 1. The third-order valence-corrected chi connectivity index (χ3v) is 3.15. The fourth-order valence-electron chi connectivity index (χ4n) is 2.37. The van der Waals surface area contributed by atoms with Crippen molar-refractivity contribution < 1.29 is 28.2 Å². The summed E-state index contributed by atoms with van der Waals surface area (Å²) in [6.07, 6.45) is -3.93. The Bertz CT molecular complexity index is 501. The van der Waals surface area contributed by atoms with Crippen LogP contribution in [0.4, 0.5) is 18.9 Å². The Hall–Kier alpha value is -1.92. The van der Waals surface area contributed by atoms with E-state index in [1.165, 1.54) is 17.0 Å². The molecular weight excluding hydrogens is 263 g/mol. The molecule has 1 aromatic rings. The van der Waals surface area contributed by atoms with E-state index in [1.54, 1.807) is 0 Å². The van der Waals surface area contributed by atoms with Gasteiger partial charge in [-0.25, -0.2) is 4.79 Å². The Kier molecular flexibility index (Phi) is 3.30. The van der Waals surface area contributed by atoms with E-state index >= 15 is 0 Å². The maximum Gasteiger partial charge on any atom is 0.421 e. The van der Waals surface area contributed by atoms with Crippen LogP contribution in [0.15, 0.2) is 18.2 Å². The molecule has 0 saturated carbocycles. The lowest BCUT2D eigenvalue weighted by Crippen LogP contribution is -2.37. The first-order valence-corrected chi connectivity index (χ1v) is 5.71. The third-order valence-electron chi connectivity index (χ3n) is 3.15. The first-order valence-electron chi connectivity index (χ1n) is 5.71. The van der Waals surface area contributed by atoms with Crippen molar-refractivity contribution in [3.63, 3.8) is 0 Å². The minimum atomic E-state index is -4.73. The van der Waals surface area contributed by atoms with Crippen molar-refractivity contribution in [1.82, 2.24) is 0 Å². The minimum absolute atomic E-state index is 0.226. The van der Waals surface area contributed by atoms with Crippen molar-refractivity contribution >= 4 is 11.7 Å². The van der Waals surface area contributed by atoms with Crippen molar-refractivity contribution in [2.24, 2.45) is 0 Å². The molecule has 0 bridgehead atoms. The first-order chi connectivity index (χ1) is 8.82. The molecule has 1 aliphatic rings. The van der Waals surface area contributed by atoms with E-state index in [2.05, 4.69) is 0 Å². The molecule has 0 aliphatic carbocycles.